The van der Waals surface area contributed by atoms with Crippen molar-refractivity contribution in [2.45, 2.75) is 45.6 Å². The molecule has 146 valence electrons. The lowest BCUT2D eigenvalue weighted by Gasteiger charge is -2.17. The molecule has 0 heterocycles. The van der Waals surface area contributed by atoms with Crippen molar-refractivity contribution in [3.8, 4) is 11.5 Å². The number of ether oxygens (including phenoxy) is 2. The van der Waals surface area contributed by atoms with Gasteiger partial charge in [0.2, 0.25) is 0 Å². The minimum atomic E-state index is -0.524. The van der Waals surface area contributed by atoms with E-state index in [1.165, 1.54) is 5.56 Å². The van der Waals surface area contributed by atoms with Gasteiger partial charge in [0.15, 0.2) is 6.10 Å². The Morgan fingerprint density at radius 1 is 1.15 bits per heavy atom. The minimum absolute atomic E-state index is 0.104. The average molecular weight is 390 g/mol. The topological polar surface area (TPSA) is 47.6 Å². The third-order valence-electron chi connectivity index (χ3n) is 4.09. The van der Waals surface area contributed by atoms with E-state index in [2.05, 4.69) is 18.3 Å². The lowest BCUT2D eigenvalue weighted by molar-refractivity contribution is -0.128. The molecule has 1 N–H and O–H groups in total. The van der Waals surface area contributed by atoms with Gasteiger partial charge in [-0.1, -0.05) is 49.7 Å². The van der Waals surface area contributed by atoms with Crippen LogP contribution in [-0.2, 0) is 11.2 Å². The number of rotatable bonds is 11. The van der Waals surface area contributed by atoms with Crippen molar-refractivity contribution in [2.24, 2.45) is 0 Å². The van der Waals surface area contributed by atoms with E-state index in [1.54, 1.807) is 24.3 Å². The summed E-state index contributed by atoms with van der Waals surface area (Å²) in [4.78, 5) is 12.4. The number of para-hydroxylation sites is 1. The van der Waals surface area contributed by atoms with Crippen molar-refractivity contribution in [1.82, 2.24) is 5.32 Å². The summed E-state index contributed by atoms with van der Waals surface area (Å²) < 4.78 is 11.5. The van der Waals surface area contributed by atoms with Gasteiger partial charge in [-0.05, 0) is 55.5 Å². The maximum Gasteiger partial charge on any atom is 0.261 e. The van der Waals surface area contributed by atoms with Crippen LogP contribution in [0.25, 0.3) is 0 Å². The number of carbonyl (C=O) groups excluding carboxylic acids is 1. The molecule has 0 aliphatic rings. The van der Waals surface area contributed by atoms with Crippen molar-refractivity contribution in [1.29, 1.82) is 0 Å². The molecule has 0 fully saturated rings. The highest BCUT2D eigenvalue weighted by Gasteiger charge is 2.18. The first kappa shape index (κ1) is 21.1. The van der Waals surface area contributed by atoms with Gasteiger partial charge in [-0.2, -0.15) is 0 Å². The van der Waals surface area contributed by atoms with Crippen LogP contribution < -0.4 is 14.8 Å². The molecule has 0 radical (unpaired) electrons. The Bertz CT molecular complexity index is 720. The predicted octanol–water partition coefficient (Wildman–Crippen LogP) is 5.04. The maximum absolute atomic E-state index is 12.4. The van der Waals surface area contributed by atoms with Crippen molar-refractivity contribution in [3.05, 3.63) is 59.1 Å². The van der Waals surface area contributed by atoms with Crippen LogP contribution in [0.1, 0.15) is 38.7 Å². The van der Waals surface area contributed by atoms with Gasteiger partial charge in [-0.25, -0.2) is 0 Å². The van der Waals surface area contributed by atoms with Gasteiger partial charge < -0.3 is 14.8 Å². The van der Waals surface area contributed by atoms with Crippen molar-refractivity contribution >= 4 is 17.5 Å². The summed E-state index contributed by atoms with van der Waals surface area (Å²) in [5.74, 6) is 1.43. The molecule has 0 aliphatic heterocycles. The molecule has 0 unspecified atom stereocenters. The SMILES string of the molecule is CCCOc1ccccc1CCCNC(=O)[C@@H](CC)Oc1cccc(Cl)c1. The van der Waals surface area contributed by atoms with Crippen LogP contribution in [0.2, 0.25) is 5.02 Å². The largest absolute Gasteiger partial charge is 0.493 e. The smallest absolute Gasteiger partial charge is 0.261 e. The third kappa shape index (κ3) is 7.14. The van der Waals surface area contributed by atoms with E-state index in [-0.39, 0.29) is 5.91 Å². The van der Waals surface area contributed by atoms with E-state index in [4.69, 9.17) is 21.1 Å². The van der Waals surface area contributed by atoms with Gasteiger partial charge in [0.1, 0.15) is 11.5 Å². The molecule has 1 amide bonds. The van der Waals surface area contributed by atoms with Gasteiger partial charge in [-0.3, -0.25) is 4.79 Å². The molecule has 2 rings (SSSR count). The molecule has 0 saturated carbocycles. The number of hydrogen-bond donors (Lipinski definition) is 1. The Balaban J connectivity index is 1.79. The second kappa shape index (κ2) is 11.5. The highest BCUT2D eigenvalue weighted by molar-refractivity contribution is 6.30. The second-order valence-electron chi connectivity index (χ2n) is 6.32. The number of carbonyl (C=O) groups is 1. The van der Waals surface area contributed by atoms with Crippen molar-refractivity contribution < 1.29 is 14.3 Å². The molecule has 1 atom stereocenters. The van der Waals surface area contributed by atoms with Gasteiger partial charge >= 0.3 is 0 Å². The van der Waals surface area contributed by atoms with Crippen LogP contribution >= 0.6 is 11.6 Å². The first-order valence-corrected chi connectivity index (χ1v) is 9.92. The first-order valence-electron chi connectivity index (χ1n) is 9.54. The van der Waals surface area contributed by atoms with E-state index < -0.39 is 6.10 Å². The first-order chi connectivity index (χ1) is 13.1. The molecule has 0 aliphatic carbocycles. The number of aryl methyl sites for hydroxylation is 1. The van der Waals surface area contributed by atoms with Crippen LogP contribution in [0, 0.1) is 0 Å². The summed E-state index contributed by atoms with van der Waals surface area (Å²) in [7, 11) is 0. The molecule has 0 saturated heterocycles. The van der Waals surface area contributed by atoms with E-state index in [0.717, 1.165) is 25.0 Å². The summed E-state index contributed by atoms with van der Waals surface area (Å²) in [6.07, 6.45) is 2.74. The molecule has 0 spiro atoms. The number of nitrogens with one attached hydrogen (secondary N) is 1. The van der Waals surface area contributed by atoms with Crippen LogP contribution in [0.15, 0.2) is 48.5 Å². The minimum Gasteiger partial charge on any atom is -0.493 e. The quantitative estimate of drug-likeness (QED) is 0.548. The van der Waals surface area contributed by atoms with Gasteiger partial charge in [0, 0.05) is 11.6 Å². The van der Waals surface area contributed by atoms with Gasteiger partial charge in [-0.15, -0.1) is 0 Å². The predicted molar refractivity (Wildman–Crippen MR) is 110 cm³/mol. The Hall–Kier alpha value is -2.20. The zero-order valence-corrected chi connectivity index (χ0v) is 16.8. The lowest BCUT2D eigenvalue weighted by atomic mass is 10.1. The fraction of sp³-hybridized carbons (Fsp3) is 0.409. The van der Waals surface area contributed by atoms with E-state index >= 15 is 0 Å². The Morgan fingerprint density at radius 3 is 2.70 bits per heavy atom. The zero-order valence-electron chi connectivity index (χ0n) is 16.0. The van der Waals surface area contributed by atoms with Crippen molar-refractivity contribution in [3.63, 3.8) is 0 Å². The van der Waals surface area contributed by atoms with Gasteiger partial charge in [0.05, 0.1) is 6.61 Å². The fourth-order valence-electron chi connectivity index (χ4n) is 2.69. The molecular formula is C22H28ClNO3. The maximum atomic E-state index is 12.4. The Kier molecular flexibility index (Phi) is 8.99. The highest BCUT2D eigenvalue weighted by atomic mass is 35.5. The molecule has 2 aromatic carbocycles. The van der Waals surface area contributed by atoms with Crippen LogP contribution in [-0.4, -0.2) is 25.2 Å². The standard InChI is InChI=1S/C22H28ClNO3/c1-3-15-26-21-13-6-5-9-17(21)10-8-14-24-22(25)20(4-2)27-19-12-7-11-18(23)16-19/h5-7,9,11-13,16,20H,3-4,8,10,14-15H2,1-2H3,(H,24,25)/t20-/m1/s1. The molecule has 4 nitrogen and oxygen atoms in total. The zero-order chi connectivity index (χ0) is 19.5. The second-order valence-corrected chi connectivity index (χ2v) is 6.76. The fourth-order valence-corrected chi connectivity index (χ4v) is 2.87. The van der Waals surface area contributed by atoms with E-state index in [9.17, 15) is 4.79 Å². The Morgan fingerprint density at radius 2 is 1.96 bits per heavy atom. The van der Waals surface area contributed by atoms with Crippen LogP contribution in [0.4, 0.5) is 0 Å². The number of halogens is 1. The van der Waals surface area contributed by atoms with E-state index in [0.29, 0.717) is 30.3 Å². The number of benzene rings is 2. The molecule has 2 aromatic rings. The molecule has 0 bridgehead atoms. The lowest BCUT2D eigenvalue weighted by Crippen LogP contribution is -2.38. The summed E-state index contributed by atoms with van der Waals surface area (Å²) in [6.45, 7) is 5.33. The van der Waals surface area contributed by atoms with E-state index in [1.807, 2.05) is 25.1 Å². The molecular weight excluding hydrogens is 362 g/mol. The summed E-state index contributed by atoms with van der Waals surface area (Å²) in [6, 6.07) is 15.2. The average Bonchev–Trinajstić information content (AvgIpc) is 2.68. The third-order valence-corrected chi connectivity index (χ3v) is 4.33. The monoisotopic (exact) mass is 389 g/mol. The summed E-state index contributed by atoms with van der Waals surface area (Å²) >= 11 is 5.97. The molecule has 5 heteroatoms. The Labute approximate surface area is 166 Å². The normalized spacial score (nSPS) is 11.7. The molecule has 27 heavy (non-hydrogen) atoms. The number of amides is 1. The summed E-state index contributed by atoms with van der Waals surface area (Å²) in [5, 5.41) is 3.55. The van der Waals surface area contributed by atoms with Gasteiger partial charge in [0.25, 0.3) is 5.91 Å². The highest BCUT2D eigenvalue weighted by Crippen LogP contribution is 2.20. The molecule has 0 aromatic heterocycles. The summed E-state index contributed by atoms with van der Waals surface area (Å²) in [5.41, 5.74) is 1.17. The van der Waals surface area contributed by atoms with Crippen molar-refractivity contribution in [2.75, 3.05) is 13.2 Å². The number of hydrogen-bond acceptors (Lipinski definition) is 3. The van der Waals surface area contributed by atoms with Crippen LogP contribution in [0.5, 0.6) is 11.5 Å². The van der Waals surface area contributed by atoms with Crippen LogP contribution in [0.3, 0.4) is 0 Å².